The Labute approximate surface area is 164 Å². The summed E-state index contributed by atoms with van der Waals surface area (Å²) in [6.45, 7) is 3.97. The number of likely N-dealkylation sites (N-methyl/N-ethyl adjacent to an activating group) is 1. The molecule has 0 spiro atoms. The Hall–Kier alpha value is -3.17. The molecule has 136 valence electrons. The van der Waals surface area contributed by atoms with Crippen LogP contribution in [0, 0.1) is 25.2 Å². The molecule has 0 aromatic heterocycles. The van der Waals surface area contributed by atoms with E-state index in [0.717, 1.165) is 16.8 Å². The molecule has 2 aromatic carbocycles. The summed E-state index contributed by atoms with van der Waals surface area (Å²) in [4.78, 5) is 16.3. The average molecular weight is 377 g/mol. The number of carbonyl (C=O) groups excluding carboxylic acids is 1. The Bertz CT molecular complexity index is 991. The molecule has 1 fully saturated rings. The maximum atomic E-state index is 13.1. The third-order valence-electron chi connectivity index (χ3n) is 4.51. The Morgan fingerprint density at radius 2 is 1.93 bits per heavy atom. The Morgan fingerprint density at radius 3 is 2.63 bits per heavy atom. The Kier molecular flexibility index (Phi) is 5.24. The van der Waals surface area contributed by atoms with Gasteiger partial charge in [0.05, 0.1) is 5.69 Å². The molecular weight excluding hydrogens is 358 g/mol. The Balaban J connectivity index is 2.00. The van der Waals surface area contributed by atoms with Crippen LogP contribution in [-0.2, 0) is 4.79 Å². The van der Waals surface area contributed by atoms with Crippen molar-refractivity contribution in [2.24, 2.45) is 0 Å². The number of nitriles is 1. The molecule has 27 heavy (non-hydrogen) atoms. The van der Waals surface area contributed by atoms with Gasteiger partial charge in [0, 0.05) is 12.6 Å². The lowest BCUT2D eigenvalue weighted by Crippen LogP contribution is -2.31. The van der Waals surface area contributed by atoms with Gasteiger partial charge < -0.3 is 9.64 Å². The van der Waals surface area contributed by atoms with Crippen LogP contribution in [0.1, 0.15) is 16.7 Å². The summed E-state index contributed by atoms with van der Waals surface area (Å²) in [5.74, 6) is 0.351. The van der Waals surface area contributed by atoms with Crippen LogP contribution < -0.4 is 9.64 Å². The Morgan fingerprint density at radius 1 is 1.19 bits per heavy atom. The largest absolute Gasteiger partial charge is 0.478 e. The van der Waals surface area contributed by atoms with Crippen molar-refractivity contribution >= 4 is 35.0 Å². The third kappa shape index (κ3) is 3.55. The number of hydrogen-bond acceptors (Lipinski definition) is 4. The normalized spacial score (nSPS) is 15.4. The zero-order valence-electron chi connectivity index (χ0n) is 15.4. The van der Waals surface area contributed by atoms with Gasteiger partial charge in [-0.2, -0.15) is 5.26 Å². The second kappa shape index (κ2) is 7.60. The van der Waals surface area contributed by atoms with Crippen LogP contribution in [0.4, 0.5) is 5.69 Å². The fraction of sp³-hybridized carbons (Fsp3) is 0.190. The van der Waals surface area contributed by atoms with Crippen LogP contribution in [0.3, 0.4) is 0 Å². The first kappa shape index (κ1) is 18.6. The smallest absolute Gasteiger partial charge is 0.281 e. The van der Waals surface area contributed by atoms with Crippen LogP contribution >= 0.6 is 12.2 Å². The number of nitrogens with zero attached hydrogens (tertiary/aromatic N) is 3. The second-order valence-electron chi connectivity index (χ2n) is 6.26. The molecule has 0 atom stereocenters. The van der Waals surface area contributed by atoms with Gasteiger partial charge in [-0.1, -0.05) is 24.3 Å². The molecule has 6 heteroatoms. The SMILES string of the molecule is Cc1ccc(N2C(=O)C(=Cc3ccccc3OCC#N)N(C)C2=S)cc1C. The predicted octanol–water partition coefficient (Wildman–Crippen LogP) is 3.81. The summed E-state index contributed by atoms with van der Waals surface area (Å²) in [6.07, 6.45) is 1.74. The minimum absolute atomic E-state index is 0.0584. The zero-order chi connectivity index (χ0) is 19.6. The number of benzene rings is 2. The highest BCUT2D eigenvalue weighted by Crippen LogP contribution is 2.30. The van der Waals surface area contributed by atoms with Gasteiger partial charge in [0.2, 0.25) is 0 Å². The van der Waals surface area contributed by atoms with Crippen molar-refractivity contribution in [1.82, 2.24) is 4.90 Å². The fourth-order valence-electron chi connectivity index (χ4n) is 2.84. The summed E-state index contributed by atoms with van der Waals surface area (Å²) in [5, 5.41) is 9.17. The van der Waals surface area contributed by atoms with Gasteiger partial charge in [0.15, 0.2) is 11.7 Å². The summed E-state index contributed by atoms with van der Waals surface area (Å²) in [6, 6.07) is 15.1. The van der Waals surface area contributed by atoms with E-state index < -0.39 is 0 Å². The van der Waals surface area contributed by atoms with Crippen molar-refractivity contribution in [1.29, 1.82) is 5.26 Å². The van der Waals surface area contributed by atoms with Crippen LogP contribution in [0.15, 0.2) is 48.2 Å². The highest BCUT2D eigenvalue weighted by Gasteiger charge is 2.37. The molecule has 0 N–H and O–H groups in total. The minimum Gasteiger partial charge on any atom is -0.478 e. The fourth-order valence-corrected chi connectivity index (χ4v) is 3.12. The van der Waals surface area contributed by atoms with Crippen LogP contribution in [0.25, 0.3) is 6.08 Å². The molecule has 1 amide bonds. The topological polar surface area (TPSA) is 56.6 Å². The van der Waals surface area contributed by atoms with Gasteiger partial charge in [-0.05, 0) is 61.5 Å². The van der Waals surface area contributed by atoms with Gasteiger partial charge in [-0.15, -0.1) is 0 Å². The van der Waals surface area contributed by atoms with Crippen LogP contribution in [-0.4, -0.2) is 29.6 Å². The lowest BCUT2D eigenvalue weighted by atomic mass is 10.1. The van der Waals surface area contributed by atoms with Gasteiger partial charge in [0.25, 0.3) is 5.91 Å². The summed E-state index contributed by atoms with van der Waals surface area (Å²) in [7, 11) is 1.77. The summed E-state index contributed by atoms with van der Waals surface area (Å²) < 4.78 is 5.45. The van der Waals surface area contributed by atoms with E-state index in [2.05, 4.69) is 0 Å². The molecule has 1 saturated heterocycles. The quantitative estimate of drug-likeness (QED) is 0.599. The van der Waals surface area contributed by atoms with Crippen molar-refractivity contribution in [3.63, 3.8) is 0 Å². The van der Waals surface area contributed by atoms with Crippen molar-refractivity contribution in [2.75, 3.05) is 18.6 Å². The first-order valence-corrected chi connectivity index (χ1v) is 8.84. The second-order valence-corrected chi connectivity index (χ2v) is 6.63. The van der Waals surface area contributed by atoms with E-state index in [4.69, 9.17) is 22.2 Å². The number of ether oxygens (including phenoxy) is 1. The zero-order valence-corrected chi connectivity index (χ0v) is 16.2. The molecule has 2 aromatic rings. The van der Waals surface area contributed by atoms with E-state index in [1.807, 2.05) is 56.3 Å². The molecule has 1 heterocycles. The van der Waals surface area contributed by atoms with Gasteiger partial charge in [-0.3, -0.25) is 9.69 Å². The molecule has 0 aliphatic carbocycles. The van der Waals surface area contributed by atoms with E-state index in [0.29, 0.717) is 22.1 Å². The number of rotatable bonds is 4. The van der Waals surface area contributed by atoms with Crippen molar-refractivity contribution < 1.29 is 9.53 Å². The lowest BCUT2D eigenvalue weighted by molar-refractivity contribution is -0.114. The summed E-state index contributed by atoms with van der Waals surface area (Å²) >= 11 is 5.51. The van der Waals surface area contributed by atoms with Gasteiger partial charge >= 0.3 is 0 Å². The first-order chi connectivity index (χ1) is 12.9. The monoisotopic (exact) mass is 377 g/mol. The molecule has 0 unspecified atom stereocenters. The van der Waals surface area contributed by atoms with Crippen molar-refractivity contribution in [2.45, 2.75) is 13.8 Å². The van der Waals surface area contributed by atoms with E-state index in [1.165, 1.54) is 4.90 Å². The molecule has 0 bridgehead atoms. The highest BCUT2D eigenvalue weighted by molar-refractivity contribution is 7.80. The predicted molar refractivity (Wildman–Crippen MR) is 109 cm³/mol. The molecule has 1 aliphatic heterocycles. The molecule has 0 radical (unpaired) electrons. The maximum Gasteiger partial charge on any atom is 0.281 e. The molecule has 0 saturated carbocycles. The summed E-state index contributed by atoms with van der Waals surface area (Å²) in [5.41, 5.74) is 4.17. The van der Waals surface area contributed by atoms with Gasteiger partial charge in [-0.25, -0.2) is 0 Å². The van der Waals surface area contributed by atoms with E-state index in [9.17, 15) is 4.79 Å². The number of carbonyl (C=O) groups is 1. The van der Waals surface area contributed by atoms with Crippen molar-refractivity contribution in [3.8, 4) is 11.8 Å². The lowest BCUT2D eigenvalue weighted by Gasteiger charge is -2.17. The number of thiocarbonyl (C=S) groups is 1. The van der Waals surface area contributed by atoms with E-state index in [-0.39, 0.29) is 12.5 Å². The van der Waals surface area contributed by atoms with E-state index >= 15 is 0 Å². The number of aryl methyl sites for hydroxylation is 2. The van der Waals surface area contributed by atoms with E-state index in [1.54, 1.807) is 24.1 Å². The number of para-hydroxylation sites is 1. The van der Waals surface area contributed by atoms with Gasteiger partial charge in [0.1, 0.15) is 17.5 Å². The average Bonchev–Trinajstić information content (AvgIpc) is 2.87. The molecule has 3 rings (SSSR count). The number of amides is 1. The number of hydrogen-bond donors (Lipinski definition) is 0. The number of anilines is 1. The highest BCUT2D eigenvalue weighted by atomic mass is 32.1. The molecule has 1 aliphatic rings. The maximum absolute atomic E-state index is 13.1. The van der Waals surface area contributed by atoms with Crippen LogP contribution in [0.5, 0.6) is 5.75 Å². The minimum atomic E-state index is -0.194. The third-order valence-corrected chi connectivity index (χ3v) is 4.97. The molecule has 5 nitrogen and oxygen atoms in total. The van der Waals surface area contributed by atoms with Crippen molar-refractivity contribution in [3.05, 3.63) is 64.9 Å². The van der Waals surface area contributed by atoms with Crippen LogP contribution in [0.2, 0.25) is 0 Å². The first-order valence-electron chi connectivity index (χ1n) is 8.44. The standard InChI is InChI=1S/C21H19N3O2S/c1-14-8-9-17(12-15(14)2)24-20(25)18(23(3)21(24)27)13-16-6-4-5-7-19(16)26-11-10-22/h4-9,12-13H,11H2,1-3H3. The molecular formula is C21H19N3O2S.